The lowest BCUT2D eigenvalue weighted by atomic mass is 9.72. The van der Waals surface area contributed by atoms with Gasteiger partial charge in [-0.25, -0.2) is 4.79 Å². The molecule has 0 spiro atoms. The van der Waals surface area contributed by atoms with Gasteiger partial charge >= 0.3 is 6.09 Å². The standard InChI is InChI=1S/C22H41N3O4/c1-21(2,3)24-19(27)18-11-15-9-7-8-10-16(15)13-25(18)14-17(26)12-23-20(28)29-22(4,5)6/h15-18,26H,7-14H2,1-6H3,(H,23,28)(H,24,27)/t15-,16+,17+,18-/m0/s1. The van der Waals surface area contributed by atoms with Crippen LogP contribution in [0, 0.1) is 11.8 Å². The van der Waals surface area contributed by atoms with Crippen molar-refractivity contribution in [3.8, 4) is 0 Å². The second kappa shape index (κ2) is 9.65. The van der Waals surface area contributed by atoms with E-state index in [-0.39, 0.29) is 24.0 Å². The molecule has 0 aromatic carbocycles. The second-order valence-electron chi connectivity index (χ2n) is 10.8. The fourth-order valence-corrected chi connectivity index (χ4v) is 4.48. The zero-order valence-corrected chi connectivity index (χ0v) is 19.1. The first-order valence-corrected chi connectivity index (χ1v) is 11.0. The first kappa shape index (κ1) is 23.9. The summed E-state index contributed by atoms with van der Waals surface area (Å²) in [6.07, 6.45) is 4.44. The number of carbonyl (C=O) groups excluding carboxylic acids is 2. The molecule has 1 saturated heterocycles. The Bertz CT molecular complexity index is 567. The van der Waals surface area contributed by atoms with Gasteiger partial charge in [-0.15, -0.1) is 0 Å². The van der Waals surface area contributed by atoms with Crippen molar-refractivity contribution < 1.29 is 19.4 Å². The predicted octanol–water partition coefficient (Wildman–Crippen LogP) is 2.67. The van der Waals surface area contributed by atoms with Gasteiger partial charge in [0.05, 0.1) is 12.1 Å². The maximum Gasteiger partial charge on any atom is 0.407 e. The highest BCUT2D eigenvalue weighted by Gasteiger charge is 2.41. The summed E-state index contributed by atoms with van der Waals surface area (Å²) in [6.45, 7) is 12.7. The van der Waals surface area contributed by atoms with Crippen molar-refractivity contribution in [3.63, 3.8) is 0 Å². The fourth-order valence-electron chi connectivity index (χ4n) is 4.48. The number of hydrogen-bond acceptors (Lipinski definition) is 5. The number of alkyl carbamates (subject to hydrolysis) is 1. The van der Waals surface area contributed by atoms with Crippen LogP contribution in [0.5, 0.6) is 0 Å². The van der Waals surface area contributed by atoms with Gasteiger partial charge in [0.1, 0.15) is 5.60 Å². The van der Waals surface area contributed by atoms with Crippen molar-refractivity contribution in [1.29, 1.82) is 0 Å². The first-order valence-electron chi connectivity index (χ1n) is 11.0. The van der Waals surface area contributed by atoms with Gasteiger partial charge in [-0.3, -0.25) is 9.69 Å². The van der Waals surface area contributed by atoms with E-state index in [9.17, 15) is 14.7 Å². The molecule has 2 rings (SSSR count). The molecule has 1 heterocycles. The SMILES string of the molecule is CC(C)(C)NC(=O)[C@@H]1C[C@@H]2CCCC[C@@H]2CN1C[C@H](O)CNC(=O)OC(C)(C)C. The average Bonchev–Trinajstić information content (AvgIpc) is 2.56. The number of fused-ring (bicyclic) bond motifs is 1. The number of β-amino-alcohol motifs (C(OH)–C–C–N with tert-alkyl or cyclic N) is 1. The molecule has 0 bridgehead atoms. The molecule has 1 saturated carbocycles. The Kier molecular flexibility index (Phi) is 7.96. The highest BCUT2D eigenvalue weighted by atomic mass is 16.6. The van der Waals surface area contributed by atoms with Gasteiger partial charge in [0.25, 0.3) is 0 Å². The van der Waals surface area contributed by atoms with Crippen molar-refractivity contribution in [1.82, 2.24) is 15.5 Å². The third-order valence-corrected chi connectivity index (χ3v) is 5.63. The number of nitrogens with one attached hydrogen (secondary N) is 2. The van der Waals surface area contributed by atoms with Crippen molar-refractivity contribution in [2.24, 2.45) is 11.8 Å². The van der Waals surface area contributed by atoms with Crippen molar-refractivity contribution in [3.05, 3.63) is 0 Å². The monoisotopic (exact) mass is 411 g/mol. The molecule has 4 atom stereocenters. The molecule has 29 heavy (non-hydrogen) atoms. The number of aliphatic hydroxyl groups is 1. The topological polar surface area (TPSA) is 90.9 Å². The van der Waals surface area contributed by atoms with Gasteiger partial charge in [-0.1, -0.05) is 19.3 Å². The summed E-state index contributed by atoms with van der Waals surface area (Å²) in [5, 5.41) is 16.3. The minimum atomic E-state index is -0.757. The van der Waals surface area contributed by atoms with E-state index in [1.165, 1.54) is 25.7 Å². The molecular formula is C22H41N3O4. The van der Waals surface area contributed by atoms with E-state index in [0.29, 0.717) is 18.4 Å². The number of amides is 2. The summed E-state index contributed by atoms with van der Waals surface area (Å²) in [5.41, 5.74) is -0.864. The normalized spacial score (nSPS) is 26.9. The van der Waals surface area contributed by atoms with Gasteiger partial charge in [-0.05, 0) is 66.2 Å². The van der Waals surface area contributed by atoms with Gasteiger partial charge < -0.3 is 20.5 Å². The van der Waals surface area contributed by atoms with E-state index in [2.05, 4.69) is 15.5 Å². The molecule has 1 aliphatic carbocycles. The molecule has 0 aromatic rings. The maximum absolute atomic E-state index is 13.0. The lowest BCUT2D eigenvalue weighted by molar-refractivity contribution is -0.132. The number of aliphatic hydroxyl groups excluding tert-OH is 1. The molecule has 2 fully saturated rings. The van der Waals surface area contributed by atoms with E-state index in [0.717, 1.165) is 13.0 Å². The molecule has 0 aromatic heterocycles. The molecule has 0 unspecified atom stereocenters. The molecule has 0 radical (unpaired) electrons. The number of likely N-dealkylation sites (tertiary alicyclic amines) is 1. The highest BCUT2D eigenvalue weighted by molar-refractivity contribution is 5.82. The van der Waals surface area contributed by atoms with Crippen LogP contribution >= 0.6 is 0 Å². The van der Waals surface area contributed by atoms with Crippen molar-refractivity contribution >= 4 is 12.0 Å². The quantitative estimate of drug-likeness (QED) is 0.647. The predicted molar refractivity (Wildman–Crippen MR) is 114 cm³/mol. The Morgan fingerprint density at radius 2 is 1.72 bits per heavy atom. The number of piperidine rings is 1. The largest absolute Gasteiger partial charge is 0.444 e. The van der Waals surface area contributed by atoms with E-state index in [1.54, 1.807) is 20.8 Å². The van der Waals surface area contributed by atoms with Crippen LogP contribution in [0.2, 0.25) is 0 Å². The number of rotatable bonds is 5. The van der Waals surface area contributed by atoms with Crippen LogP contribution < -0.4 is 10.6 Å². The number of ether oxygens (including phenoxy) is 1. The number of nitrogens with zero attached hydrogens (tertiary/aromatic N) is 1. The lowest BCUT2D eigenvalue weighted by Gasteiger charge is -2.46. The van der Waals surface area contributed by atoms with Gasteiger partial charge in [-0.2, -0.15) is 0 Å². The number of carbonyl (C=O) groups is 2. The zero-order chi connectivity index (χ0) is 21.8. The van der Waals surface area contributed by atoms with Gasteiger partial charge in [0.2, 0.25) is 5.91 Å². The Labute approximate surface area is 175 Å². The smallest absolute Gasteiger partial charge is 0.407 e. The molecule has 2 amide bonds. The molecule has 7 heteroatoms. The van der Waals surface area contributed by atoms with Crippen LogP contribution in [0.3, 0.4) is 0 Å². The minimum Gasteiger partial charge on any atom is -0.444 e. The van der Waals surface area contributed by atoms with Crippen molar-refractivity contribution in [2.45, 2.75) is 96.9 Å². The van der Waals surface area contributed by atoms with Crippen LogP contribution in [0.1, 0.15) is 73.6 Å². The first-order chi connectivity index (χ1) is 13.3. The maximum atomic E-state index is 13.0. The zero-order valence-electron chi connectivity index (χ0n) is 19.1. The summed E-state index contributed by atoms with van der Waals surface area (Å²) >= 11 is 0. The van der Waals surface area contributed by atoms with Gasteiger partial charge in [0, 0.05) is 25.2 Å². The lowest BCUT2D eigenvalue weighted by Crippen LogP contribution is -2.59. The summed E-state index contributed by atoms with van der Waals surface area (Å²) in [5.74, 6) is 1.22. The Morgan fingerprint density at radius 1 is 1.10 bits per heavy atom. The van der Waals surface area contributed by atoms with Crippen LogP contribution in [-0.2, 0) is 9.53 Å². The number of hydrogen-bond donors (Lipinski definition) is 3. The third-order valence-electron chi connectivity index (χ3n) is 5.63. The Morgan fingerprint density at radius 3 is 2.31 bits per heavy atom. The summed E-state index contributed by atoms with van der Waals surface area (Å²) in [4.78, 5) is 26.9. The van der Waals surface area contributed by atoms with Crippen molar-refractivity contribution in [2.75, 3.05) is 19.6 Å². The van der Waals surface area contributed by atoms with Gasteiger partial charge in [0.15, 0.2) is 0 Å². The Hall–Kier alpha value is -1.34. The van der Waals surface area contributed by atoms with Crippen LogP contribution in [-0.4, -0.2) is 64.9 Å². The molecule has 1 aliphatic heterocycles. The second-order valence-corrected chi connectivity index (χ2v) is 10.8. The molecular weight excluding hydrogens is 370 g/mol. The fraction of sp³-hybridized carbons (Fsp3) is 0.909. The highest BCUT2D eigenvalue weighted by Crippen LogP contribution is 2.38. The summed E-state index contributed by atoms with van der Waals surface area (Å²) in [6, 6.07) is -0.232. The van der Waals surface area contributed by atoms with E-state index in [1.807, 2.05) is 20.8 Å². The molecule has 7 nitrogen and oxygen atoms in total. The average molecular weight is 412 g/mol. The van der Waals surface area contributed by atoms with Crippen LogP contribution in [0.4, 0.5) is 4.79 Å². The minimum absolute atomic E-state index is 0.0359. The molecule has 2 aliphatic rings. The third kappa shape index (κ3) is 8.13. The molecule has 3 N–H and O–H groups in total. The van der Waals surface area contributed by atoms with Crippen LogP contribution in [0.15, 0.2) is 0 Å². The van der Waals surface area contributed by atoms with E-state index in [4.69, 9.17) is 4.74 Å². The summed E-state index contributed by atoms with van der Waals surface area (Å²) < 4.78 is 5.22. The van der Waals surface area contributed by atoms with Crippen LogP contribution in [0.25, 0.3) is 0 Å². The summed E-state index contributed by atoms with van der Waals surface area (Å²) in [7, 11) is 0. The van der Waals surface area contributed by atoms with E-state index < -0.39 is 17.8 Å². The molecule has 168 valence electrons. The van der Waals surface area contributed by atoms with E-state index >= 15 is 0 Å². The Balaban J connectivity index is 1.97.